The van der Waals surface area contributed by atoms with E-state index in [4.69, 9.17) is 4.74 Å². The Balaban J connectivity index is 1.96. The molecule has 3 aromatic carbocycles. The molecule has 0 aromatic heterocycles. The minimum absolute atomic E-state index is 0.284. The van der Waals surface area contributed by atoms with Crippen molar-refractivity contribution < 1.29 is 9.53 Å². The van der Waals surface area contributed by atoms with Crippen molar-refractivity contribution in [3.63, 3.8) is 0 Å². The van der Waals surface area contributed by atoms with E-state index in [1.807, 2.05) is 67.6 Å². The van der Waals surface area contributed by atoms with Crippen molar-refractivity contribution in [1.82, 2.24) is 0 Å². The zero-order chi connectivity index (χ0) is 18.6. The van der Waals surface area contributed by atoms with Crippen molar-refractivity contribution in [3.05, 3.63) is 113 Å². The van der Waals surface area contributed by atoms with Crippen molar-refractivity contribution >= 4 is 23.7 Å². The molecule has 132 valence electrons. The van der Waals surface area contributed by atoms with E-state index in [1.54, 1.807) is 0 Å². The van der Waals surface area contributed by atoms with Gasteiger partial charge in [-0.1, -0.05) is 78.9 Å². The Kier molecular flexibility index (Phi) is 4.71. The largest absolute Gasteiger partial charge is 0.454 e. The number of carbonyl (C=O) groups excluding carboxylic acids is 1. The molecule has 1 heterocycles. The summed E-state index contributed by atoms with van der Waals surface area (Å²) in [7, 11) is 0. The molecule has 0 fully saturated rings. The molecule has 0 N–H and O–H groups in total. The zero-order valence-corrected chi connectivity index (χ0v) is 15.1. The molecule has 27 heavy (non-hydrogen) atoms. The molecule has 0 radical (unpaired) electrons. The maximum atomic E-state index is 12.6. The molecule has 0 saturated heterocycles. The Labute approximate surface area is 159 Å². The second-order valence-corrected chi connectivity index (χ2v) is 6.57. The number of esters is 1. The molecule has 0 unspecified atom stereocenters. The van der Waals surface area contributed by atoms with E-state index in [0.717, 1.165) is 27.8 Å². The first-order chi connectivity index (χ1) is 13.2. The summed E-state index contributed by atoms with van der Waals surface area (Å²) < 4.78 is 5.74. The summed E-state index contributed by atoms with van der Waals surface area (Å²) in [4.78, 5) is 12.6. The lowest BCUT2D eigenvalue weighted by Crippen LogP contribution is -2.14. The third-order valence-electron chi connectivity index (χ3n) is 4.70. The summed E-state index contributed by atoms with van der Waals surface area (Å²) >= 11 is 0. The quantitative estimate of drug-likeness (QED) is 0.539. The summed E-state index contributed by atoms with van der Waals surface area (Å²) in [5.74, 6) is -0.284. The molecule has 4 rings (SSSR count). The third kappa shape index (κ3) is 3.61. The second kappa shape index (κ2) is 7.46. The van der Waals surface area contributed by atoms with Crippen LogP contribution < -0.4 is 0 Å². The van der Waals surface area contributed by atoms with E-state index in [0.29, 0.717) is 5.56 Å². The highest BCUT2D eigenvalue weighted by molar-refractivity contribution is 6.05. The van der Waals surface area contributed by atoms with E-state index in [1.165, 1.54) is 0 Å². The summed E-state index contributed by atoms with van der Waals surface area (Å²) in [5.41, 5.74) is 5.67. The third-order valence-corrected chi connectivity index (χ3v) is 4.70. The molecule has 1 atom stereocenters. The van der Waals surface area contributed by atoms with Gasteiger partial charge in [-0.3, -0.25) is 0 Å². The Morgan fingerprint density at radius 2 is 1.22 bits per heavy atom. The van der Waals surface area contributed by atoms with Crippen LogP contribution in [0.3, 0.4) is 0 Å². The standard InChI is InChI=1S/C25H20O2/c1-18-23(16-19-10-4-2-5-11-19)24(17-20-12-6-3-7-13-20)21-14-8-9-15-22(21)25(26)27-18/h2-18H,1H3/t18-/m1/s1. The Morgan fingerprint density at radius 1 is 0.704 bits per heavy atom. The highest BCUT2D eigenvalue weighted by Gasteiger charge is 2.27. The molecule has 0 bridgehead atoms. The summed E-state index contributed by atoms with van der Waals surface area (Å²) in [5, 5.41) is 0. The van der Waals surface area contributed by atoms with Crippen molar-refractivity contribution in [2.24, 2.45) is 0 Å². The number of benzene rings is 3. The van der Waals surface area contributed by atoms with Gasteiger partial charge in [0.05, 0.1) is 5.56 Å². The fraction of sp³-hybridized carbons (Fsp3) is 0.0800. The van der Waals surface area contributed by atoms with Crippen molar-refractivity contribution in [3.8, 4) is 0 Å². The number of hydrogen-bond acceptors (Lipinski definition) is 2. The molecule has 1 aliphatic heterocycles. The van der Waals surface area contributed by atoms with Crippen LogP contribution in [0.5, 0.6) is 0 Å². The van der Waals surface area contributed by atoms with Crippen LogP contribution in [0.1, 0.15) is 34.0 Å². The Hall–Kier alpha value is -3.39. The van der Waals surface area contributed by atoms with Gasteiger partial charge in [0.1, 0.15) is 6.10 Å². The van der Waals surface area contributed by atoms with Crippen molar-refractivity contribution in [1.29, 1.82) is 0 Å². The number of ether oxygens (including phenoxy) is 1. The van der Waals surface area contributed by atoms with E-state index >= 15 is 0 Å². The van der Waals surface area contributed by atoms with Crippen LogP contribution in [-0.2, 0) is 4.74 Å². The lowest BCUT2D eigenvalue weighted by molar-refractivity contribution is 0.0421. The predicted molar refractivity (Wildman–Crippen MR) is 110 cm³/mol. The second-order valence-electron chi connectivity index (χ2n) is 6.57. The molecule has 1 aliphatic rings. The van der Waals surface area contributed by atoms with Crippen LogP contribution in [-0.4, -0.2) is 12.1 Å². The minimum Gasteiger partial charge on any atom is -0.454 e. The SMILES string of the molecule is C[C@H]1OC(=O)c2ccccc2C(=Cc2ccccc2)C1=Cc1ccccc1. The fourth-order valence-electron chi connectivity index (χ4n) is 3.36. The molecule has 3 aromatic rings. The summed E-state index contributed by atoms with van der Waals surface area (Å²) in [6.07, 6.45) is 3.89. The summed E-state index contributed by atoms with van der Waals surface area (Å²) in [6.45, 7) is 1.93. The van der Waals surface area contributed by atoms with E-state index in [2.05, 4.69) is 36.4 Å². The van der Waals surface area contributed by atoms with E-state index < -0.39 is 0 Å². The molecule has 0 aliphatic carbocycles. The van der Waals surface area contributed by atoms with Gasteiger partial charge in [0.15, 0.2) is 0 Å². The molecule has 2 heteroatoms. The van der Waals surface area contributed by atoms with Crippen LogP contribution in [0.2, 0.25) is 0 Å². The average Bonchev–Trinajstić information content (AvgIpc) is 2.80. The smallest absolute Gasteiger partial charge is 0.339 e. The van der Waals surface area contributed by atoms with Crippen LogP contribution in [0, 0.1) is 0 Å². The number of hydrogen-bond donors (Lipinski definition) is 0. The van der Waals surface area contributed by atoms with Gasteiger partial charge in [0.2, 0.25) is 0 Å². The molecular formula is C25H20O2. The molecular weight excluding hydrogens is 332 g/mol. The van der Waals surface area contributed by atoms with Gasteiger partial charge < -0.3 is 4.74 Å². The molecule has 0 saturated carbocycles. The van der Waals surface area contributed by atoms with Crippen LogP contribution in [0.15, 0.2) is 90.5 Å². The number of cyclic esters (lactones) is 1. The minimum atomic E-state index is -0.347. The van der Waals surface area contributed by atoms with E-state index in [-0.39, 0.29) is 12.1 Å². The summed E-state index contributed by atoms with van der Waals surface area (Å²) in [6, 6.07) is 27.9. The average molecular weight is 352 g/mol. The Bertz CT molecular complexity index is 1010. The predicted octanol–water partition coefficient (Wildman–Crippen LogP) is 5.87. The van der Waals surface area contributed by atoms with Gasteiger partial charge in [-0.05, 0) is 47.4 Å². The fourth-order valence-corrected chi connectivity index (χ4v) is 3.36. The van der Waals surface area contributed by atoms with Gasteiger partial charge >= 0.3 is 5.97 Å². The lowest BCUT2D eigenvalue weighted by Gasteiger charge is -2.16. The lowest BCUT2D eigenvalue weighted by atomic mass is 9.89. The van der Waals surface area contributed by atoms with Crippen molar-refractivity contribution in [2.75, 3.05) is 0 Å². The van der Waals surface area contributed by atoms with Crippen molar-refractivity contribution in [2.45, 2.75) is 13.0 Å². The monoisotopic (exact) mass is 352 g/mol. The molecule has 0 spiro atoms. The van der Waals surface area contributed by atoms with Crippen LogP contribution in [0.4, 0.5) is 0 Å². The highest BCUT2D eigenvalue weighted by Crippen LogP contribution is 2.36. The Morgan fingerprint density at radius 3 is 1.85 bits per heavy atom. The number of fused-ring (bicyclic) bond motifs is 1. The topological polar surface area (TPSA) is 26.3 Å². The number of carbonyl (C=O) groups is 1. The first kappa shape index (κ1) is 17.0. The number of rotatable bonds is 2. The van der Waals surface area contributed by atoms with Crippen LogP contribution in [0.25, 0.3) is 17.7 Å². The van der Waals surface area contributed by atoms with E-state index in [9.17, 15) is 4.79 Å². The maximum absolute atomic E-state index is 12.6. The van der Waals surface area contributed by atoms with Gasteiger partial charge in [0.25, 0.3) is 0 Å². The molecule has 2 nitrogen and oxygen atoms in total. The van der Waals surface area contributed by atoms with Crippen LogP contribution >= 0.6 is 0 Å². The normalized spacial score (nSPS) is 19.4. The van der Waals surface area contributed by atoms with Gasteiger partial charge in [-0.15, -0.1) is 0 Å². The van der Waals surface area contributed by atoms with Gasteiger partial charge in [-0.2, -0.15) is 0 Å². The van der Waals surface area contributed by atoms with Gasteiger partial charge in [0, 0.05) is 5.57 Å². The molecule has 0 amide bonds. The highest BCUT2D eigenvalue weighted by atomic mass is 16.5. The zero-order valence-electron chi connectivity index (χ0n) is 15.1. The van der Waals surface area contributed by atoms with Gasteiger partial charge in [-0.25, -0.2) is 4.79 Å². The first-order valence-electron chi connectivity index (χ1n) is 9.06. The first-order valence-corrected chi connectivity index (χ1v) is 9.06. The maximum Gasteiger partial charge on any atom is 0.339 e.